The van der Waals surface area contributed by atoms with Gasteiger partial charge in [-0.05, 0) is 25.0 Å². The molecule has 0 spiro atoms. The van der Waals surface area contributed by atoms with Gasteiger partial charge in [0, 0.05) is 29.3 Å². The number of para-hydroxylation sites is 1. The topological polar surface area (TPSA) is 61.7 Å². The number of carbonyl (C=O) groups is 1. The molecule has 2 N–H and O–H groups in total. The monoisotopic (exact) mass is 280 g/mol. The van der Waals surface area contributed by atoms with Crippen LogP contribution in [0.3, 0.4) is 0 Å². The van der Waals surface area contributed by atoms with E-state index in [1.54, 1.807) is 0 Å². The molecule has 106 valence electrons. The lowest BCUT2D eigenvalue weighted by atomic mass is 9.83. The third-order valence-corrected chi connectivity index (χ3v) is 4.50. The molecule has 0 saturated carbocycles. The number of aliphatic imine (C=N–C) groups is 1. The second kappa shape index (κ2) is 4.58. The van der Waals surface area contributed by atoms with Crippen molar-refractivity contribution in [2.24, 2.45) is 16.8 Å². The predicted molar refractivity (Wildman–Crippen MR) is 81.4 cm³/mol. The number of piperidine rings is 1. The largest absolute Gasteiger partial charge is 0.481 e. The average molecular weight is 280 g/mol. The van der Waals surface area contributed by atoms with Crippen LogP contribution < -0.4 is 5.32 Å². The van der Waals surface area contributed by atoms with Gasteiger partial charge >= 0.3 is 5.97 Å². The van der Waals surface area contributed by atoms with E-state index in [2.05, 4.69) is 23.5 Å². The first-order chi connectivity index (χ1) is 10.2. The van der Waals surface area contributed by atoms with Gasteiger partial charge in [0.15, 0.2) is 0 Å². The zero-order valence-electron chi connectivity index (χ0n) is 11.5. The number of benzene rings is 1. The van der Waals surface area contributed by atoms with Crippen LogP contribution in [0.2, 0.25) is 0 Å². The van der Waals surface area contributed by atoms with Crippen LogP contribution >= 0.6 is 0 Å². The Morgan fingerprint density at radius 3 is 3.05 bits per heavy atom. The van der Waals surface area contributed by atoms with E-state index < -0.39 is 5.97 Å². The van der Waals surface area contributed by atoms with Gasteiger partial charge in [-0.3, -0.25) is 4.79 Å². The van der Waals surface area contributed by atoms with Crippen LogP contribution in [0.4, 0.5) is 5.69 Å². The molecule has 2 unspecified atom stereocenters. The van der Waals surface area contributed by atoms with Crippen LogP contribution in [-0.4, -0.2) is 23.3 Å². The van der Waals surface area contributed by atoms with Crippen LogP contribution in [-0.2, 0) is 4.79 Å². The van der Waals surface area contributed by atoms with Gasteiger partial charge in [-0.15, -0.1) is 0 Å². The van der Waals surface area contributed by atoms with Crippen molar-refractivity contribution in [3.63, 3.8) is 0 Å². The minimum Gasteiger partial charge on any atom is -0.481 e. The van der Waals surface area contributed by atoms with Crippen molar-refractivity contribution in [3.05, 3.63) is 47.7 Å². The van der Waals surface area contributed by atoms with E-state index in [0.29, 0.717) is 13.0 Å². The van der Waals surface area contributed by atoms with Gasteiger partial charge < -0.3 is 10.4 Å². The Morgan fingerprint density at radius 1 is 1.33 bits per heavy atom. The fraction of sp³-hybridized carbons (Fsp3) is 0.294. The molecule has 4 nitrogen and oxygen atoms in total. The summed E-state index contributed by atoms with van der Waals surface area (Å²) in [7, 11) is 0. The predicted octanol–water partition coefficient (Wildman–Crippen LogP) is 2.75. The fourth-order valence-electron chi connectivity index (χ4n) is 3.47. The molecule has 2 aliphatic heterocycles. The zero-order chi connectivity index (χ0) is 14.4. The summed E-state index contributed by atoms with van der Waals surface area (Å²) in [6, 6.07) is 8.14. The summed E-state index contributed by atoms with van der Waals surface area (Å²) < 4.78 is 0. The third kappa shape index (κ3) is 1.90. The molecule has 0 bridgehead atoms. The van der Waals surface area contributed by atoms with Gasteiger partial charge in [0.05, 0.1) is 17.3 Å². The number of aliphatic carboxylic acids is 1. The Kier molecular flexibility index (Phi) is 2.70. The molecule has 4 rings (SSSR count). The van der Waals surface area contributed by atoms with Crippen molar-refractivity contribution in [2.75, 3.05) is 6.54 Å². The van der Waals surface area contributed by atoms with Gasteiger partial charge in [-0.1, -0.05) is 24.3 Å². The highest BCUT2D eigenvalue weighted by molar-refractivity contribution is 6.34. The Labute approximate surface area is 122 Å². The maximum atomic E-state index is 11.2. The molecular formula is C17H16N2O2. The Morgan fingerprint density at radius 2 is 2.19 bits per heavy atom. The zero-order valence-corrected chi connectivity index (χ0v) is 11.5. The van der Waals surface area contributed by atoms with Crippen LogP contribution in [0.5, 0.6) is 0 Å². The summed E-state index contributed by atoms with van der Waals surface area (Å²) in [5.41, 5.74) is 5.48. The minimum atomic E-state index is -0.708. The third-order valence-electron chi connectivity index (χ3n) is 4.50. The normalized spacial score (nSPS) is 26.2. The molecule has 1 saturated heterocycles. The van der Waals surface area contributed by atoms with Gasteiger partial charge in [-0.2, -0.15) is 0 Å². The lowest BCUT2D eigenvalue weighted by Gasteiger charge is -2.31. The molecule has 1 aromatic carbocycles. The van der Waals surface area contributed by atoms with E-state index in [1.807, 2.05) is 18.2 Å². The van der Waals surface area contributed by atoms with Crippen molar-refractivity contribution in [2.45, 2.75) is 12.8 Å². The highest BCUT2D eigenvalue weighted by Gasteiger charge is 2.35. The van der Waals surface area contributed by atoms with Crippen molar-refractivity contribution in [1.29, 1.82) is 0 Å². The van der Waals surface area contributed by atoms with Crippen molar-refractivity contribution in [3.8, 4) is 0 Å². The number of hydrogen-bond donors (Lipinski definition) is 2. The molecule has 21 heavy (non-hydrogen) atoms. The number of nitrogens with one attached hydrogen (secondary N) is 1. The van der Waals surface area contributed by atoms with E-state index in [9.17, 15) is 9.90 Å². The summed E-state index contributed by atoms with van der Waals surface area (Å²) in [5.74, 6) is -0.770. The number of hydrogen-bond acceptors (Lipinski definition) is 3. The number of allylic oxidation sites excluding steroid dienone is 4. The molecule has 0 aromatic heterocycles. The van der Waals surface area contributed by atoms with E-state index >= 15 is 0 Å². The molecule has 0 radical (unpaired) electrons. The van der Waals surface area contributed by atoms with Gasteiger partial charge in [0.2, 0.25) is 0 Å². The molecule has 4 heteroatoms. The molecule has 0 amide bonds. The smallest absolute Gasteiger partial charge is 0.308 e. The maximum absolute atomic E-state index is 11.2. The SMILES string of the molecule is O=C(O)C1CNC2=C3C(=Nc4ccccc43)C=CCC2C1. The lowest BCUT2D eigenvalue weighted by Crippen LogP contribution is -2.38. The van der Waals surface area contributed by atoms with Crippen molar-refractivity contribution in [1.82, 2.24) is 5.32 Å². The van der Waals surface area contributed by atoms with Crippen molar-refractivity contribution < 1.29 is 9.90 Å². The van der Waals surface area contributed by atoms with Crippen LogP contribution in [0.1, 0.15) is 18.4 Å². The first-order valence-electron chi connectivity index (χ1n) is 7.30. The molecule has 1 fully saturated rings. The summed E-state index contributed by atoms with van der Waals surface area (Å²) in [6.07, 6.45) is 5.75. The molecule has 1 aromatic rings. The Bertz CT molecular complexity index is 715. The lowest BCUT2D eigenvalue weighted by molar-refractivity contribution is -0.142. The number of fused-ring (bicyclic) bond motifs is 4. The number of carboxylic acids is 1. The van der Waals surface area contributed by atoms with Gasteiger partial charge in [0.1, 0.15) is 0 Å². The Hall–Kier alpha value is -2.36. The highest BCUT2D eigenvalue weighted by atomic mass is 16.4. The summed E-state index contributed by atoms with van der Waals surface area (Å²) >= 11 is 0. The number of nitrogens with zero attached hydrogens (tertiary/aromatic N) is 1. The minimum absolute atomic E-state index is 0.241. The van der Waals surface area contributed by atoms with Crippen LogP contribution in [0.25, 0.3) is 5.57 Å². The number of rotatable bonds is 1. The molecule has 3 aliphatic rings. The molecule has 1 aliphatic carbocycles. The quantitative estimate of drug-likeness (QED) is 0.831. The summed E-state index contributed by atoms with van der Waals surface area (Å²) in [4.78, 5) is 15.9. The van der Waals surface area contributed by atoms with Crippen LogP contribution in [0, 0.1) is 11.8 Å². The van der Waals surface area contributed by atoms with E-state index in [1.165, 1.54) is 5.70 Å². The summed E-state index contributed by atoms with van der Waals surface area (Å²) in [6.45, 7) is 0.500. The van der Waals surface area contributed by atoms with E-state index in [0.717, 1.165) is 29.0 Å². The van der Waals surface area contributed by atoms with E-state index in [-0.39, 0.29) is 11.8 Å². The van der Waals surface area contributed by atoms with Crippen molar-refractivity contribution >= 4 is 22.9 Å². The van der Waals surface area contributed by atoms with Gasteiger partial charge in [0.25, 0.3) is 0 Å². The summed E-state index contributed by atoms with van der Waals surface area (Å²) in [5, 5.41) is 12.6. The molecular weight excluding hydrogens is 264 g/mol. The molecule has 2 heterocycles. The number of carboxylic acid groups (broad SMARTS) is 1. The molecule has 2 atom stereocenters. The second-order valence-electron chi connectivity index (χ2n) is 5.79. The first-order valence-corrected chi connectivity index (χ1v) is 7.30. The maximum Gasteiger partial charge on any atom is 0.308 e. The van der Waals surface area contributed by atoms with E-state index in [4.69, 9.17) is 4.99 Å². The van der Waals surface area contributed by atoms with Gasteiger partial charge in [-0.25, -0.2) is 4.99 Å². The average Bonchev–Trinajstić information content (AvgIpc) is 2.75. The Balaban J connectivity index is 1.82. The van der Waals surface area contributed by atoms with Crippen LogP contribution in [0.15, 0.2) is 47.1 Å². The second-order valence-corrected chi connectivity index (χ2v) is 5.79. The fourth-order valence-corrected chi connectivity index (χ4v) is 3.47. The standard InChI is InChI=1S/C17H16N2O2/c20-17(21)11-8-10-4-3-7-14-15(16(10)18-9-11)12-5-1-2-6-13(12)19-14/h1-3,5-7,10-11,18H,4,8-9H2,(H,20,21). The first kappa shape index (κ1) is 12.4. The highest BCUT2D eigenvalue weighted by Crippen LogP contribution is 2.42.